The van der Waals surface area contributed by atoms with Crippen LogP contribution in [0, 0.1) is 5.92 Å². The maximum Gasteiger partial charge on any atom is 0.236 e. The standard InChI is InChI=1S/C9H13N3O2/c10-7(8(11)13)4-12-6-2-1-5(3-6)9(12)14/h1-2,5-7H,3-4,10H2,(H2,11,13). The van der Waals surface area contributed by atoms with E-state index in [0.717, 1.165) is 6.42 Å². The minimum absolute atomic E-state index is 0.0000709. The summed E-state index contributed by atoms with van der Waals surface area (Å²) in [7, 11) is 0. The number of fused-ring (bicyclic) bond motifs is 2. The summed E-state index contributed by atoms with van der Waals surface area (Å²) in [6.07, 6.45) is 4.73. The Kier molecular flexibility index (Phi) is 2.03. The van der Waals surface area contributed by atoms with Crippen molar-refractivity contribution in [2.45, 2.75) is 18.5 Å². The lowest BCUT2D eigenvalue weighted by atomic mass is 10.1. The quantitative estimate of drug-likeness (QED) is 0.542. The molecule has 0 saturated carbocycles. The Bertz CT molecular complexity index is 313. The number of hydrogen-bond acceptors (Lipinski definition) is 3. The number of carbonyl (C=O) groups is 2. The normalized spacial score (nSPS) is 31.2. The van der Waals surface area contributed by atoms with Crippen LogP contribution in [0.2, 0.25) is 0 Å². The zero-order chi connectivity index (χ0) is 10.3. The summed E-state index contributed by atoms with van der Waals surface area (Å²) in [4.78, 5) is 24.0. The van der Waals surface area contributed by atoms with Crippen LogP contribution in [0.25, 0.3) is 0 Å². The number of rotatable bonds is 3. The highest BCUT2D eigenvalue weighted by molar-refractivity contribution is 5.86. The maximum atomic E-state index is 11.6. The zero-order valence-corrected chi connectivity index (χ0v) is 7.72. The second-order valence-corrected chi connectivity index (χ2v) is 3.79. The molecule has 14 heavy (non-hydrogen) atoms. The molecule has 2 amide bonds. The first kappa shape index (κ1) is 9.21. The fraction of sp³-hybridized carbons (Fsp3) is 0.556. The summed E-state index contributed by atoms with van der Waals surface area (Å²) in [5, 5.41) is 0. The van der Waals surface area contributed by atoms with Gasteiger partial charge in [0.15, 0.2) is 0 Å². The highest BCUT2D eigenvalue weighted by Crippen LogP contribution is 2.32. The Morgan fingerprint density at radius 3 is 2.86 bits per heavy atom. The van der Waals surface area contributed by atoms with E-state index in [2.05, 4.69) is 0 Å². The number of hydrogen-bond donors (Lipinski definition) is 2. The van der Waals surface area contributed by atoms with Crippen molar-refractivity contribution < 1.29 is 9.59 Å². The predicted molar refractivity (Wildman–Crippen MR) is 49.9 cm³/mol. The molecule has 1 aliphatic heterocycles. The lowest BCUT2D eigenvalue weighted by Gasteiger charge is -2.25. The maximum absolute atomic E-state index is 11.6. The van der Waals surface area contributed by atoms with Gasteiger partial charge in [-0.1, -0.05) is 12.2 Å². The van der Waals surface area contributed by atoms with Crippen LogP contribution in [-0.2, 0) is 9.59 Å². The molecule has 0 spiro atoms. The largest absolute Gasteiger partial charge is 0.368 e. The molecule has 2 aliphatic rings. The van der Waals surface area contributed by atoms with Crippen LogP contribution in [0.3, 0.4) is 0 Å². The van der Waals surface area contributed by atoms with E-state index in [-0.39, 0.29) is 24.4 Å². The number of amides is 2. The van der Waals surface area contributed by atoms with E-state index in [1.807, 2.05) is 12.2 Å². The van der Waals surface area contributed by atoms with Gasteiger partial charge in [-0.25, -0.2) is 0 Å². The van der Waals surface area contributed by atoms with Crippen LogP contribution < -0.4 is 11.5 Å². The Hall–Kier alpha value is -1.36. The Morgan fingerprint density at radius 2 is 2.36 bits per heavy atom. The van der Waals surface area contributed by atoms with E-state index in [4.69, 9.17) is 11.5 Å². The first-order valence-electron chi connectivity index (χ1n) is 4.63. The Balaban J connectivity index is 2.03. The number of nitrogens with two attached hydrogens (primary N) is 2. The molecule has 2 bridgehead atoms. The van der Waals surface area contributed by atoms with E-state index >= 15 is 0 Å². The van der Waals surface area contributed by atoms with Crippen LogP contribution in [-0.4, -0.2) is 35.3 Å². The summed E-state index contributed by atoms with van der Waals surface area (Å²) >= 11 is 0. The van der Waals surface area contributed by atoms with Crippen molar-refractivity contribution in [3.63, 3.8) is 0 Å². The van der Waals surface area contributed by atoms with Gasteiger partial charge in [-0.2, -0.15) is 0 Å². The van der Waals surface area contributed by atoms with Crippen molar-refractivity contribution in [2.75, 3.05) is 6.54 Å². The summed E-state index contributed by atoms with van der Waals surface area (Å²) in [6.45, 7) is 0.236. The van der Waals surface area contributed by atoms with Crippen LogP contribution in [0.15, 0.2) is 12.2 Å². The number of likely N-dealkylation sites (tertiary alicyclic amines) is 1. The van der Waals surface area contributed by atoms with E-state index in [0.29, 0.717) is 0 Å². The molecule has 5 heteroatoms. The van der Waals surface area contributed by atoms with Crippen LogP contribution in [0.5, 0.6) is 0 Å². The van der Waals surface area contributed by atoms with Crippen molar-refractivity contribution in [1.29, 1.82) is 0 Å². The third-order valence-corrected chi connectivity index (χ3v) is 2.82. The molecule has 4 N–H and O–H groups in total. The molecule has 5 nitrogen and oxygen atoms in total. The fourth-order valence-electron chi connectivity index (χ4n) is 2.00. The summed E-state index contributed by atoms with van der Waals surface area (Å²) in [5.74, 6) is -0.501. The van der Waals surface area contributed by atoms with Gasteiger partial charge in [-0.05, 0) is 6.42 Å². The molecule has 0 aromatic rings. The average molecular weight is 195 g/mol. The van der Waals surface area contributed by atoms with Crippen LogP contribution >= 0.6 is 0 Å². The smallest absolute Gasteiger partial charge is 0.236 e. The van der Waals surface area contributed by atoms with Gasteiger partial charge in [0.2, 0.25) is 11.8 Å². The van der Waals surface area contributed by atoms with E-state index in [1.54, 1.807) is 4.90 Å². The molecule has 0 aromatic carbocycles. The SMILES string of the molecule is NC(=O)C(N)CN1C(=O)C2C=CC1C2. The third-order valence-electron chi connectivity index (χ3n) is 2.82. The van der Waals surface area contributed by atoms with E-state index < -0.39 is 11.9 Å². The molecular formula is C9H13N3O2. The molecule has 1 fully saturated rings. The molecule has 2 rings (SSSR count). The molecule has 0 radical (unpaired) electrons. The van der Waals surface area contributed by atoms with Gasteiger partial charge >= 0.3 is 0 Å². The van der Waals surface area contributed by atoms with Crippen LogP contribution in [0.4, 0.5) is 0 Å². The monoisotopic (exact) mass is 195 g/mol. The molecule has 3 atom stereocenters. The second-order valence-electron chi connectivity index (χ2n) is 3.79. The first-order chi connectivity index (χ1) is 6.59. The third kappa shape index (κ3) is 1.29. The highest BCUT2D eigenvalue weighted by Gasteiger charge is 2.41. The summed E-state index contributed by atoms with van der Waals surface area (Å²) < 4.78 is 0. The average Bonchev–Trinajstić information content (AvgIpc) is 2.69. The fourth-order valence-corrected chi connectivity index (χ4v) is 2.00. The lowest BCUT2D eigenvalue weighted by molar-refractivity contribution is -0.131. The van der Waals surface area contributed by atoms with Crippen molar-refractivity contribution in [3.8, 4) is 0 Å². The molecular weight excluding hydrogens is 182 g/mol. The summed E-state index contributed by atoms with van der Waals surface area (Å²) in [5.41, 5.74) is 10.5. The van der Waals surface area contributed by atoms with Gasteiger partial charge in [-0.3, -0.25) is 9.59 Å². The van der Waals surface area contributed by atoms with Crippen molar-refractivity contribution >= 4 is 11.8 Å². The van der Waals surface area contributed by atoms with E-state index in [1.165, 1.54) is 0 Å². The molecule has 1 aliphatic carbocycles. The molecule has 0 aromatic heterocycles. The highest BCUT2D eigenvalue weighted by atomic mass is 16.2. The first-order valence-corrected chi connectivity index (χ1v) is 4.63. The number of nitrogens with zero attached hydrogens (tertiary/aromatic N) is 1. The van der Waals surface area contributed by atoms with E-state index in [9.17, 15) is 9.59 Å². The van der Waals surface area contributed by atoms with Gasteiger partial charge in [0.25, 0.3) is 0 Å². The van der Waals surface area contributed by atoms with Crippen molar-refractivity contribution in [3.05, 3.63) is 12.2 Å². The van der Waals surface area contributed by atoms with Gasteiger partial charge in [0.05, 0.1) is 12.0 Å². The number of primary amides is 1. The topological polar surface area (TPSA) is 89.4 Å². The molecule has 1 saturated heterocycles. The molecule has 3 unspecified atom stereocenters. The van der Waals surface area contributed by atoms with Gasteiger partial charge in [0.1, 0.15) is 6.04 Å². The Morgan fingerprint density at radius 1 is 1.64 bits per heavy atom. The Labute approximate surface area is 81.7 Å². The number of carbonyl (C=O) groups excluding carboxylic acids is 2. The van der Waals surface area contributed by atoms with Gasteiger partial charge in [0, 0.05) is 6.54 Å². The van der Waals surface area contributed by atoms with Gasteiger partial charge in [-0.15, -0.1) is 0 Å². The minimum atomic E-state index is -0.758. The molecule has 76 valence electrons. The minimum Gasteiger partial charge on any atom is -0.368 e. The second kappa shape index (κ2) is 3.09. The van der Waals surface area contributed by atoms with Gasteiger partial charge < -0.3 is 16.4 Å². The van der Waals surface area contributed by atoms with Crippen molar-refractivity contribution in [2.24, 2.45) is 17.4 Å². The predicted octanol–water partition coefficient (Wildman–Crippen LogP) is -1.41. The molecule has 1 heterocycles. The van der Waals surface area contributed by atoms with Crippen molar-refractivity contribution in [1.82, 2.24) is 4.90 Å². The summed E-state index contributed by atoms with van der Waals surface area (Å²) in [6, 6.07) is -0.635. The lowest BCUT2D eigenvalue weighted by Crippen LogP contribution is -2.49. The zero-order valence-electron chi connectivity index (χ0n) is 7.72. The van der Waals surface area contributed by atoms with Crippen LogP contribution in [0.1, 0.15) is 6.42 Å².